The lowest BCUT2D eigenvalue weighted by molar-refractivity contribution is -0.118. The van der Waals surface area contributed by atoms with Gasteiger partial charge in [-0.2, -0.15) is 0 Å². The standard InChI is InChI=1S/C15H13ClO3/c16-12-5-3-9(4-6-12)15(18)19-14-8-13(17)10-1-2-11(14)7-10/h3-6,8,10-11H,1-2,7H2. The molecule has 19 heavy (non-hydrogen) atoms. The van der Waals surface area contributed by atoms with Gasteiger partial charge in [-0.1, -0.05) is 11.6 Å². The Morgan fingerprint density at radius 2 is 1.84 bits per heavy atom. The maximum Gasteiger partial charge on any atom is 0.343 e. The fraction of sp³-hybridized carbons (Fsp3) is 0.333. The van der Waals surface area contributed by atoms with Crippen LogP contribution in [0, 0.1) is 11.8 Å². The molecule has 3 rings (SSSR count). The number of rotatable bonds is 2. The Labute approximate surface area is 116 Å². The second-order valence-corrected chi connectivity index (χ2v) is 5.49. The number of allylic oxidation sites excluding steroid dienone is 2. The Hall–Kier alpha value is -1.61. The lowest BCUT2D eigenvalue weighted by atomic mass is 9.93. The number of hydrogen-bond acceptors (Lipinski definition) is 3. The van der Waals surface area contributed by atoms with Gasteiger partial charge < -0.3 is 4.74 Å². The van der Waals surface area contributed by atoms with Crippen molar-refractivity contribution in [2.24, 2.45) is 11.8 Å². The van der Waals surface area contributed by atoms with Crippen molar-refractivity contribution in [2.75, 3.05) is 0 Å². The molecule has 3 nitrogen and oxygen atoms in total. The van der Waals surface area contributed by atoms with E-state index >= 15 is 0 Å². The summed E-state index contributed by atoms with van der Waals surface area (Å²) in [7, 11) is 0. The van der Waals surface area contributed by atoms with E-state index in [4.69, 9.17) is 16.3 Å². The summed E-state index contributed by atoms with van der Waals surface area (Å²) >= 11 is 5.77. The van der Waals surface area contributed by atoms with Crippen molar-refractivity contribution in [1.29, 1.82) is 0 Å². The van der Waals surface area contributed by atoms with Crippen LogP contribution in [-0.2, 0) is 9.53 Å². The van der Waals surface area contributed by atoms with Crippen LogP contribution in [0.15, 0.2) is 36.1 Å². The minimum Gasteiger partial charge on any atom is -0.427 e. The van der Waals surface area contributed by atoms with Gasteiger partial charge in [0, 0.05) is 22.9 Å². The molecule has 98 valence electrons. The Kier molecular flexibility index (Phi) is 3.15. The van der Waals surface area contributed by atoms with Crippen LogP contribution < -0.4 is 0 Å². The van der Waals surface area contributed by atoms with Crippen LogP contribution in [0.5, 0.6) is 0 Å². The second-order valence-electron chi connectivity index (χ2n) is 5.05. The van der Waals surface area contributed by atoms with E-state index in [-0.39, 0.29) is 17.6 Å². The summed E-state index contributed by atoms with van der Waals surface area (Å²) in [5, 5.41) is 0.572. The number of ketones is 1. The largest absolute Gasteiger partial charge is 0.427 e. The lowest BCUT2D eigenvalue weighted by Crippen LogP contribution is -2.19. The molecule has 0 aliphatic heterocycles. The molecule has 1 aromatic carbocycles. The Balaban J connectivity index is 1.76. The minimum absolute atomic E-state index is 0.0904. The van der Waals surface area contributed by atoms with Crippen LogP contribution in [-0.4, -0.2) is 11.8 Å². The average Bonchev–Trinajstić information content (AvgIpc) is 2.82. The summed E-state index contributed by atoms with van der Waals surface area (Å²) in [6.07, 6.45) is 4.15. The quantitative estimate of drug-likeness (QED) is 0.778. The average molecular weight is 277 g/mol. The van der Waals surface area contributed by atoms with Crippen molar-refractivity contribution in [2.45, 2.75) is 19.3 Å². The first-order chi connectivity index (χ1) is 9.13. The predicted molar refractivity (Wildman–Crippen MR) is 70.8 cm³/mol. The van der Waals surface area contributed by atoms with E-state index in [9.17, 15) is 9.59 Å². The lowest BCUT2D eigenvalue weighted by Gasteiger charge is -2.19. The highest BCUT2D eigenvalue weighted by Crippen LogP contribution is 2.41. The van der Waals surface area contributed by atoms with Gasteiger partial charge in [0.2, 0.25) is 0 Å². The summed E-state index contributed by atoms with van der Waals surface area (Å²) < 4.78 is 5.38. The summed E-state index contributed by atoms with van der Waals surface area (Å²) in [4.78, 5) is 23.7. The summed E-state index contributed by atoms with van der Waals surface area (Å²) in [6.45, 7) is 0. The van der Waals surface area contributed by atoms with Crippen molar-refractivity contribution in [3.8, 4) is 0 Å². The number of fused-ring (bicyclic) bond motifs is 2. The van der Waals surface area contributed by atoms with Crippen molar-refractivity contribution in [3.05, 3.63) is 46.7 Å². The van der Waals surface area contributed by atoms with Crippen molar-refractivity contribution >= 4 is 23.4 Å². The first-order valence-corrected chi connectivity index (χ1v) is 6.74. The molecule has 2 bridgehead atoms. The number of hydrogen-bond donors (Lipinski definition) is 0. The molecule has 2 unspecified atom stereocenters. The zero-order chi connectivity index (χ0) is 13.4. The van der Waals surface area contributed by atoms with Crippen LogP contribution in [0.25, 0.3) is 0 Å². The molecule has 0 N–H and O–H groups in total. The van der Waals surface area contributed by atoms with Crippen molar-refractivity contribution < 1.29 is 14.3 Å². The van der Waals surface area contributed by atoms with Gasteiger partial charge in [0.05, 0.1) is 5.56 Å². The number of benzene rings is 1. The van der Waals surface area contributed by atoms with E-state index in [1.165, 1.54) is 6.08 Å². The van der Waals surface area contributed by atoms with Crippen LogP contribution in [0.3, 0.4) is 0 Å². The fourth-order valence-corrected chi connectivity index (χ4v) is 2.86. The van der Waals surface area contributed by atoms with Gasteiger partial charge in [-0.05, 0) is 43.5 Å². The maximum atomic E-state index is 12.0. The third-order valence-electron chi connectivity index (χ3n) is 3.81. The maximum absolute atomic E-state index is 12.0. The number of carbonyl (C=O) groups excluding carboxylic acids is 2. The van der Waals surface area contributed by atoms with Crippen LogP contribution in [0.2, 0.25) is 5.02 Å². The molecule has 0 amide bonds. The van der Waals surface area contributed by atoms with Gasteiger partial charge in [0.25, 0.3) is 0 Å². The summed E-state index contributed by atoms with van der Waals surface area (Å²) in [6, 6.07) is 6.52. The summed E-state index contributed by atoms with van der Waals surface area (Å²) in [5.74, 6) is 0.550. The minimum atomic E-state index is -0.430. The van der Waals surface area contributed by atoms with E-state index in [1.54, 1.807) is 24.3 Å². The van der Waals surface area contributed by atoms with E-state index in [0.717, 1.165) is 19.3 Å². The fourth-order valence-electron chi connectivity index (χ4n) is 2.74. The molecular weight excluding hydrogens is 264 g/mol. The topological polar surface area (TPSA) is 43.4 Å². The molecular formula is C15H13ClO3. The van der Waals surface area contributed by atoms with Crippen LogP contribution in [0.1, 0.15) is 29.6 Å². The SMILES string of the molecule is O=C(OC1=CC(=O)C2CCC1C2)c1ccc(Cl)cc1. The molecule has 2 atom stereocenters. The third kappa shape index (κ3) is 2.43. The highest BCUT2D eigenvalue weighted by atomic mass is 35.5. The summed E-state index contributed by atoms with van der Waals surface area (Å²) in [5.41, 5.74) is 0.442. The molecule has 1 aromatic rings. The zero-order valence-electron chi connectivity index (χ0n) is 10.3. The number of halogens is 1. The molecule has 1 saturated carbocycles. The van der Waals surface area contributed by atoms with E-state index in [2.05, 4.69) is 0 Å². The highest BCUT2D eigenvalue weighted by Gasteiger charge is 2.37. The smallest absolute Gasteiger partial charge is 0.343 e. The van der Waals surface area contributed by atoms with Crippen molar-refractivity contribution in [3.63, 3.8) is 0 Å². The van der Waals surface area contributed by atoms with Gasteiger partial charge >= 0.3 is 5.97 Å². The molecule has 0 spiro atoms. The molecule has 0 heterocycles. The van der Waals surface area contributed by atoms with Gasteiger partial charge in [0.15, 0.2) is 5.78 Å². The molecule has 4 heteroatoms. The van der Waals surface area contributed by atoms with Gasteiger partial charge in [0.1, 0.15) is 5.76 Å². The zero-order valence-corrected chi connectivity index (χ0v) is 11.0. The van der Waals surface area contributed by atoms with E-state index in [1.807, 2.05) is 0 Å². The van der Waals surface area contributed by atoms with Gasteiger partial charge in [-0.25, -0.2) is 4.79 Å². The number of ether oxygens (including phenoxy) is 1. The molecule has 0 radical (unpaired) electrons. The third-order valence-corrected chi connectivity index (χ3v) is 4.06. The van der Waals surface area contributed by atoms with E-state index in [0.29, 0.717) is 16.3 Å². The van der Waals surface area contributed by atoms with Gasteiger partial charge in [-0.15, -0.1) is 0 Å². The Morgan fingerprint density at radius 3 is 2.58 bits per heavy atom. The molecule has 2 aliphatic carbocycles. The van der Waals surface area contributed by atoms with E-state index < -0.39 is 5.97 Å². The van der Waals surface area contributed by atoms with Crippen LogP contribution >= 0.6 is 11.6 Å². The Bertz CT molecular complexity index is 559. The Morgan fingerprint density at radius 1 is 1.16 bits per heavy atom. The monoisotopic (exact) mass is 276 g/mol. The second kappa shape index (κ2) is 4.82. The first kappa shape index (κ1) is 12.4. The normalized spacial score (nSPS) is 25.1. The molecule has 0 saturated heterocycles. The van der Waals surface area contributed by atoms with Gasteiger partial charge in [-0.3, -0.25) is 4.79 Å². The number of carbonyl (C=O) groups is 2. The molecule has 2 aliphatic rings. The molecule has 0 aromatic heterocycles. The highest BCUT2D eigenvalue weighted by molar-refractivity contribution is 6.30. The predicted octanol–water partition coefficient (Wildman–Crippen LogP) is 3.38. The van der Waals surface area contributed by atoms with Crippen molar-refractivity contribution in [1.82, 2.24) is 0 Å². The number of esters is 1. The van der Waals surface area contributed by atoms with Crippen LogP contribution in [0.4, 0.5) is 0 Å². The first-order valence-electron chi connectivity index (χ1n) is 6.36. The molecule has 1 fully saturated rings.